The number of rotatable bonds is 76. The van der Waals surface area contributed by atoms with Crippen molar-refractivity contribution < 1.29 is 24.5 Å². The van der Waals surface area contributed by atoms with E-state index in [1.807, 2.05) is 0 Å². The molecular weight excluding hydrogens is 1050 g/mol. The van der Waals surface area contributed by atoms with Crippen molar-refractivity contribution in [3.05, 3.63) is 12.2 Å². The van der Waals surface area contributed by atoms with Gasteiger partial charge in [-0.3, -0.25) is 9.59 Å². The summed E-state index contributed by atoms with van der Waals surface area (Å²) in [7, 11) is 0. The highest BCUT2D eigenvalue weighted by Crippen LogP contribution is 2.20. The monoisotopic (exact) mass is 1210 g/mol. The molecule has 6 heteroatoms. The van der Waals surface area contributed by atoms with E-state index in [0.29, 0.717) is 25.9 Å². The van der Waals surface area contributed by atoms with E-state index in [1.165, 1.54) is 385 Å². The van der Waals surface area contributed by atoms with Crippen LogP contribution in [0.2, 0.25) is 0 Å². The Morgan fingerprint density at radius 1 is 0.314 bits per heavy atom. The highest BCUT2D eigenvalue weighted by atomic mass is 16.5. The molecule has 2 unspecified atom stereocenters. The second kappa shape index (κ2) is 76.1. The van der Waals surface area contributed by atoms with Gasteiger partial charge in [0.2, 0.25) is 5.91 Å². The first-order valence-corrected chi connectivity index (χ1v) is 39.9. The molecule has 6 nitrogen and oxygen atoms in total. The van der Waals surface area contributed by atoms with E-state index >= 15 is 0 Å². The quantitative estimate of drug-likeness (QED) is 0.0320. The van der Waals surface area contributed by atoms with Gasteiger partial charge in [0.05, 0.1) is 25.4 Å². The van der Waals surface area contributed by atoms with E-state index in [1.54, 1.807) is 0 Å². The summed E-state index contributed by atoms with van der Waals surface area (Å²) >= 11 is 0. The van der Waals surface area contributed by atoms with Crippen molar-refractivity contribution in [1.29, 1.82) is 0 Å². The Hall–Kier alpha value is -1.40. The van der Waals surface area contributed by atoms with Crippen molar-refractivity contribution in [3.63, 3.8) is 0 Å². The van der Waals surface area contributed by atoms with Crippen LogP contribution in [-0.4, -0.2) is 47.4 Å². The first-order chi connectivity index (χ1) is 42.5. The van der Waals surface area contributed by atoms with E-state index < -0.39 is 12.1 Å². The van der Waals surface area contributed by atoms with Crippen LogP contribution in [0, 0.1) is 0 Å². The molecule has 86 heavy (non-hydrogen) atoms. The number of ether oxygens (including phenoxy) is 1. The van der Waals surface area contributed by atoms with Gasteiger partial charge in [-0.1, -0.05) is 411 Å². The summed E-state index contributed by atoms with van der Waals surface area (Å²) in [4.78, 5) is 24.7. The molecule has 0 bridgehead atoms. The number of allylic oxidation sites excluding steroid dienone is 2. The summed E-state index contributed by atoms with van der Waals surface area (Å²) in [6.45, 7) is 5.01. The molecule has 0 saturated carbocycles. The Morgan fingerprint density at radius 3 is 0.826 bits per heavy atom. The molecule has 3 N–H and O–H groups in total. The third kappa shape index (κ3) is 71.7. The molecule has 0 aliphatic carbocycles. The highest BCUT2D eigenvalue weighted by Gasteiger charge is 2.20. The third-order valence-corrected chi connectivity index (χ3v) is 19.1. The van der Waals surface area contributed by atoms with E-state index in [9.17, 15) is 19.8 Å². The lowest BCUT2D eigenvalue weighted by Crippen LogP contribution is -2.45. The number of amides is 1. The van der Waals surface area contributed by atoms with Crippen molar-refractivity contribution >= 4 is 11.9 Å². The summed E-state index contributed by atoms with van der Waals surface area (Å²) in [5.74, 6) is -0.00779. The maximum absolute atomic E-state index is 12.6. The summed E-state index contributed by atoms with van der Waals surface area (Å²) < 4.78 is 5.51. The van der Waals surface area contributed by atoms with E-state index in [2.05, 4.69) is 31.3 Å². The highest BCUT2D eigenvalue weighted by molar-refractivity contribution is 5.76. The minimum absolute atomic E-state index is 0.0176. The van der Waals surface area contributed by atoms with Crippen LogP contribution in [0.5, 0.6) is 0 Å². The van der Waals surface area contributed by atoms with Gasteiger partial charge < -0.3 is 20.3 Å². The van der Waals surface area contributed by atoms with Crippen LogP contribution in [0.15, 0.2) is 12.2 Å². The fourth-order valence-corrected chi connectivity index (χ4v) is 13.0. The smallest absolute Gasteiger partial charge is 0.305 e. The number of carbonyl (C=O) groups excluding carboxylic acids is 2. The van der Waals surface area contributed by atoms with E-state index in [0.717, 1.165) is 44.9 Å². The lowest BCUT2D eigenvalue weighted by molar-refractivity contribution is -0.143. The summed E-state index contributed by atoms with van der Waals surface area (Å²) in [5.41, 5.74) is 0. The summed E-state index contributed by atoms with van der Waals surface area (Å²) in [5, 5.41) is 23.5. The number of hydrogen-bond acceptors (Lipinski definition) is 5. The topological polar surface area (TPSA) is 95.9 Å². The van der Waals surface area contributed by atoms with Crippen molar-refractivity contribution in [2.75, 3.05) is 13.2 Å². The molecule has 512 valence electrons. The van der Waals surface area contributed by atoms with Crippen LogP contribution in [-0.2, 0) is 14.3 Å². The van der Waals surface area contributed by atoms with Crippen molar-refractivity contribution in [2.24, 2.45) is 0 Å². The van der Waals surface area contributed by atoms with E-state index in [-0.39, 0.29) is 18.5 Å². The number of aliphatic hydroxyl groups is 2. The standard InChI is InChI=1S/C80H157NO5/c1-3-5-7-9-11-13-15-17-19-21-22-23-31-34-37-41-44-48-52-56-60-64-68-72-78(83)77(76-82)81-79(84)73-69-65-61-57-53-49-45-42-38-35-32-29-27-25-24-26-28-30-33-36-39-43-47-51-55-59-63-67-71-75-86-80(85)74-70-66-62-58-54-50-46-40-20-18-16-14-12-10-8-6-4-2/h18,20,77-78,82-83H,3-17,19,21-76H2,1-2H3,(H,81,84)/b20-18-. The molecular formula is C80H157NO5. The fraction of sp³-hybridized carbons (Fsp3) is 0.950. The largest absolute Gasteiger partial charge is 0.466 e. The van der Waals surface area contributed by atoms with Gasteiger partial charge >= 0.3 is 5.97 Å². The van der Waals surface area contributed by atoms with E-state index in [4.69, 9.17) is 4.74 Å². The molecule has 0 aliphatic rings. The van der Waals surface area contributed by atoms with Gasteiger partial charge in [0.1, 0.15) is 0 Å². The van der Waals surface area contributed by atoms with Crippen LogP contribution in [0.4, 0.5) is 0 Å². The van der Waals surface area contributed by atoms with Gasteiger partial charge in [0.15, 0.2) is 0 Å². The third-order valence-electron chi connectivity index (χ3n) is 19.1. The minimum Gasteiger partial charge on any atom is -0.466 e. The second-order valence-corrected chi connectivity index (χ2v) is 27.8. The molecule has 0 heterocycles. The average Bonchev–Trinajstić information content (AvgIpc) is 3.54. The first-order valence-electron chi connectivity index (χ1n) is 39.9. The molecule has 0 radical (unpaired) electrons. The zero-order chi connectivity index (χ0) is 62.0. The van der Waals surface area contributed by atoms with Crippen molar-refractivity contribution in [3.8, 4) is 0 Å². The number of aliphatic hydroxyl groups excluding tert-OH is 2. The van der Waals surface area contributed by atoms with Gasteiger partial charge in [-0.25, -0.2) is 0 Å². The number of hydrogen-bond donors (Lipinski definition) is 3. The predicted molar refractivity (Wildman–Crippen MR) is 380 cm³/mol. The second-order valence-electron chi connectivity index (χ2n) is 27.8. The Labute approximate surface area is 539 Å². The van der Waals surface area contributed by atoms with Crippen LogP contribution in [0.25, 0.3) is 0 Å². The zero-order valence-corrected chi connectivity index (χ0v) is 58.8. The zero-order valence-electron chi connectivity index (χ0n) is 58.8. The SMILES string of the molecule is CCCCCCCC/C=C\CCCCCCCCCC(=O)OCCCCCCCCCCCCCCCCCCCCCCCCCCCCCCCC(=O)NC(CO)C(O)CCCCCCCCCCCCCCCCCCCCCCCCC. The number of nitrogens with one attached hydrogen (secondary N) is 1. The molecule has 1 amide bonds. The Balaban J connectivity index is 3.33. The van der Waals surface area contributed by atoms with Crippen LogP contribution < -0.4 is 5.32 Å². The molecule has 0 fully saturated rings. The van der Waals surface area contributed by atoms with Crippen LogP contribution in [0.3, 0.4) is 0 Å². The van der Waals surface area contributed by atoms with Gasteiger partial charge in [0, 0.05) is 12.8 Å². The van der Waals surface area contributed by atoms with Gasteiger partial charge in [-0.15, -0.1) is 0 Å². The molecule has 0 aromatic heterocycles. The maximum atomic E-state index is 12.6. The molecule has 0 spiro atoms. The molecule has 0 aromatic carbocycles. The van der Waals surface area contributed by atoms with Gasteiger partial charge in [-0.2, -0.15) is 0 Å². The van der Waals surface area contributed by atoms with Gasteiger partial charge in [-0.05, 0) is 51.4 Å². The maximum Gasteiger partial charge on any atom is 0.305 e. The predicted octanol–water partition coefficient (Wildman–Crippen LogP) is 26.3. The van der Waals surface area contributed by atoms with Gasteiger partial charge in [0.25, 0.3) is 0 Å². The van der Waals surface area contributed by atoms with Crippen molar-refractivity contribution in [1.82, 2.24) is 5.32 Å². The Bertz CT molecular complexity index is 1300. The summed E-state index contributed by atoms with van der Waals surface area (Å²) in [6.07, 6.45) is 95.9. The molecule has 0 aromatic rings. The lowest BCUT2D eigenvalue weighted by atomic mass is 10.0. The van der Waals surface area contributed by atoms with Crippen molar-refractivity contribution in [2.45, 2.75) is 475 Å². The summed E-state index contributed by atoms with van der Waals surface area (Å²) in [6, 6.07) is -0.540. The average molecular weight is 1210 g/mol. The first kappa shape index (κ1) is 84.6. The fourth-order valence-electron chi connectivity index (χ4n) is 13.0. The Kier molecular flexibility index (Phi) is 74.8. The van der Waals surface area contributed by atoms with Crippen LogP contribution in [0.1, 0.15) is 463 Å². The minimum atomic E-state index is -0.663. The molecule has 0 aliphatic heterocycles. The lowest BCUT2D eigenvalue weighted by Gasteiger charge is -2.22. The number of esters is 1. The number of unbranched alkanes of at least 4 members (excludes halogenated alkanes) is 63. The Morgan fingerprint density at radius 2 is 0.547 bits per heavy atom. The number of carbonyl (C=O) groups is 2. The van der Waals surface area contributed by atoms with Crippen LogP contribution >= 0.6 is 0 Å². The molecule has 0 rings (SSSR count). The molecule has 0 saturated heterocycles. The normalized spacial score (nSPS) is 12.5. The molecule has 2 atom stereocenters.